The number of ether oxygens (including phenoxy) is 2. The highest BCUT2D eigenvalue weighted by molar-refractivity contribution is 6.53. The van der Waals surface area contributed by atoms with E-state index < -0.39 is 15.7 Å². The third kappa shape index (κ3) is 3.46. The van der Waals surface area contributed by atoms with Crippen molar-refractivity contribution < 1.29 is 19.1 Å². The zero-order valence-corrected chi connectivity index (χ0v) is 17.1. The molecule has 1 atom stereocenters. The van der Waals surface area contributed by atoms with E-state index in [-0.39, 0.29) is 12.4 Å². The number of nitrogens with zero attached hydrogens (tertiary/aromatic N) is 1. The summed E-state index contributed by atoms with van der Waals surface area (Å²) in [4.78, 5) is 24.8. The SMILES string of the molecule is COc1ccc(-n2c(C)cc(C(=O)COC(=O)C3(C)CC3(Cl)Cl)c2C)cc1. The monoisotopic (exact) mass is 409 g/mol. The van der Waals surface area contributed by atoms with Crippen molar-refractivity contribution in [3.8, 4) is 11.4 Å². The van der Waals surface area contributed by atoms with Crippen LogP contribution in [0.1, 0.15) is 35.1 Å². The summed E-state index contributed by atoms with van der Waals surface area (Å²) in [6, 6.07) is 9.35. The van der Waals surface area contributed by atoms with Crippen molar-refractivity contribution in [2.45, 2.75) is 31.5 Å². The van der Waals surface area contributed by atoms with Crippen LogP contribution in [0.2, 0.25) is 0 Å². The number of ketones is 1. The zero-order valence-electron chi connectivity index (χ0n) is 15.6. The molecule has 1 fully saturated rings. The van der Waals surface area contributed by atoms with Gasteiger partial charge in [0, 0.05) is 29.1 Å². The molecule has 0 aliphatic heterocycles. The van der Waals surface area contributed by atoms with Crippen LogP contribution < -0.4 is 4.74 Å². The Balaban J connectivity index is 1.75. The number of aryl methyl sites for hydroxylation is 1. The molecule has 1 saturated carbocycles. The zero-order chi connectivity index (χ0) is 20.0. The minimum atomic E-state index is -1.11. The molecule has 0 N–H and O–H groups in total. The summed E-state index contributed by atoms with van der Waals surface area (Å²) in [5.41, 5.74) is 2.17. The molecule has 5 nitrogen and oxygen atoms in total. The Morgan fingerprint density at radius 3 is 2.30 bits per heavy atom. The summed E-state index contributed by atoms with van der Waals surface area (Å²) in [5.74, 6) is -0.0623. The molecule has 2 aromatic rings. The van der Waals surface area contributed by atoms with Crippen molar-refractivity contribution in [1.29, 1.82) is 0 Å². The molecule has 7 heteroatoms. The Morgan fingerprint density at radius 2 is 1.78 bits per heavy atom. The molecule has 1 heterocycles. The third-order valence-electron chi connectivity index (χ3n) is 5.10. The number of rotatable bonds is 6. The molecule has 0 bridgehead atoms. The molecule has 1 aliphatic rings. The van der Waals surface area contributed by atoms with Gasteiger partial charge in [-0.25, -0.2) is 0 Å². The molecular formula is C20H21Cl2NO4. The Labute approximate surface area is 168 Å². The summed E-state index contributed by atoms with van der Waals surface area (Å²) in [6.07, 6.45) is 0.322. The second-order valence-electron chi connectivity index (χ2n) is 7.03. The van der Waals surface area contributed by atoms with Crippen LogP contribution in [0.15, 0.2) is 30.3 Å². The highest BCUT2D eigenvalue weighted by Crippen LogP contribution is 2.64. The van der Waals surface area contributed by atoms with Crippen molar-refractivity contribution in [3.63, 3.8) is 0 Å². The average Bonchev–Trinajstić information content (AvgIpc) is 3.01. The number of hydrogen-bond acceptors (Lipinski definition) is 4. The fourth-order valence-corrected chi connectivity index (χ4v) is 3.85. The van der Waals surface area contributed by atoms with Gasteiger partial charge in [0.05, 0.1) is 7.11 Å². The number of alkyl halides is 2. The lowest BCUT2D eigenvalue weighted by atomic mass is 10.1. The van der Waals surface area contributed by atoms with Crippen molar-refractivity contribution in [1.82, 2.24) is 4.57 Å². The van der Waals surface area contributed by atoms with E-state index in [4.69, 9.17) is 32.7 Å². The van der Waals surface area contributed by atoms with Crippen LogP contribution in [-0.2, 0) is 9.53 Å². The maximum atomic E-state index is 12.6. The van der Waals surface area contributed by atoms with Gasteiger partial charge in [-0.05, 0) is 51.1 Å². The lowest BCUT2D eigenvalue weighted by molar-refractivity contribution is -0.148. The number of benzene rings is 1. The van der Waals surface area contributed by atoms with Gasteiger partial charge >= 0.3 is 5.97 Å². The fourth-order valence-electron chi connectivity index (χ4n) is 3.16. The predicted octanol–water partition coefficient (Wildman–Crippen LogP) is 4.41. The van der Waals surface area contributed by atoms with Gasteiger partial charge in [-0.1, -0.05) is 0 Å². The molecule has 144 valence electrons. The van der Waals surface area contributed by atoms with Crippen LogP contribution in [0.25, 0.3) is 5.69 Å². The van der Waals surface area contributed by atoms with Gasteiger partial charge < -0.3 is 14.0 Å². The van der Waals surface area contributed by atoms with E-state index in [1.165, 1.54) is 0 Å². The Morgan fingerprint density at radius 1 is 1.19 bits per heavy atom. The molecule has 3 rings (SSSR count). The number of esters is 1. The van der Waals surface area contributed by atoms with Gasteiger partial charge in [-0.3, -0.25) is 9.59 Å². The van der Waals surface area contributed by atoms with Gasteiger partial charge in [-0.2, -0.15) is 0 Å². The quantitative estimate of drug-likeness (QED) is 0.402. The highest BCUT2D eigenvalue weighted by atomic mass is 35.5. The fraction of sp³-hybridized carbons (Fsp3) is 0.400. The summed E-state index contributed by atoms with van der Waals surface area (Å²) in [5, 5.41) is 0. The van der Waals surface area contributed by atoms with Gasteiger partial charge in [-0.15, -0.1) is 23.2 Å². The number of hydrogen-bond donors (Lipinski definition) is 0. The molecule has 0 radical (unpaired) electrons. The van der Waals surface area contributed by atoms with Gasteiger partial charge in [0.2, 0.25) is 5.78 Å². The molecule has 0 spiro atoms. The molecular weight excluding hydrogens is 389 g/mol. The van der Waals surface area contributed by atoms with E-state index in [0.29, 0.717) is 12.0 Å². The first-order valence-corrected chi connectivity index (χ1v) is 9.28. The van der Waals surface area contributed by atoms with Crippen molar-refractivity contribution >= 4 is 35.0 Å². The Kier molecular flexibility index (Phi) is 5.04. The summed E-state index contributed by atoms with van der Waals surface area (Å²) < 4.78 is 11.2. The van der Waals surface area contributed by atoms with Crippen LogP contribution in [-0.4, -0.2) is 34.4 Å². The smallest absolute Gasteiger partial charge is 0.315 e. The summed E-state index contributed by atoms with van der Waals surface area (Å²) in [6.45, 7) is 5.07. The van der Waals surface area contributed by atoms with Gasteiger partial charge in [0.15, 0.2) is 6.61 Å². The average molecular weight is 410 g/mol. The Hall–Kier alpha value is -1.98. The summed E-state index contributed by atoms with van der Waals surface area (Å²) >= 11 is 12.0. The number of halogens is 2. The van der Waals surface area contributed by atoms with E-state index >= 15 is 0 Å². The standard InChI is InChI=1S/C20H21Cl2NO4/c1-12-9-16(13(2)23(12)14-5-7-15(26-4)8-6-14)17(24)10-27-18(25)19(3)11-20(19,21)22/h5-9H,10-11H2,1-4H3. The molecule has 0 saturated heterocycles. The topological polar surface area (TPSA) is 57.5 Å². The third-order valence-corrected chi connectivity index (χ3v) is 6.21. The number of aromatic nitrogens is 1. The normalized spacial score (nSPS) is 20.2. The van der Waals surface area contributed by atoms with Crippen LogP contribution in [0.3, 0.4) is 0 Å². The number of Topliss-reactive ketones (excluding diaryl/α,β-unsaturated/α-hetero) is 1. The first-order valence-electron chi connectivity index (χ1n) is 8.52. The molecule has 1 aromatic heterocycles. The molecule has 0 amide bonds. The lowest BCUT2D eigenvalue weighted by Crippen LogP contribution is -2.24. The second-order valence-corrected chi connectivity index (χ2v) is 8.51. The lowest BCUT2D eigenvalue weighted by Gasteiger charge is -2.12. The van der Waals surface area contributed by atoms with Crippen LogP contribution in [0.4, 0.5) is 0 Å². The molecule has 27 heavy (non-hydrogen) atoms. The second kappa shape index (κ2) is 6.88. The van der Waals surface area contributed by atoms with E-state index in [1.807, 2.05) is 42.7 Å². The van der Waals surface area contributed by atoms with Crippen LogP contribution in [0.5, 0.6) is 5.75 Å². The van der Waals surface area contributed by atoms with Gasteiger partial charge in [0.1, 0.15) is 15.5 Å². The van der Waals surface area contributed by atoms with E-state index in [0.717, 1.165) is 22.8 Å². The number of methoxy groups -OCH3 is 1. The maximum absolute atomic E-state index is 12.6. The molecule has 1 aliphatic carbocycles. The molecule has 1 aromatic carbocycles. The highest BCUT2D eigenvalue weighted by Gasteiger charge is 2.69. The first kappa shape index (κ1) is 19.8. The van der Waals surface area contributed by atoms with E-state index in [2.05, 4.69) is 0 Å². The minimum absolute atomic E-state index is 0.268. The van der Waals surface area contributed by atoms with Crippen molar-refractivity contribution in [2.75, 3.05) is 13.7 Å². The van der Waals surface area contributed by atoms with E-state index in [9.17, 15) is 9.59 Å². The van der Waals surface area contributed by atoms with Crippen molar-refractivity contribution in [2.24, 2.45) is 5.41 Å². The minimum Gasteiger partial charge on any atom is -0.497 e. The number of carbonyl (C=O) groups is 2. The van der Waals surface area contributed by atoms with Crippen LogP contribution in [0, 0.1) is 19.3 Å². The molecule has 1 unspecified atom stereocenters. The van der Waals surface area contributed by atoms with Crippen LogP contribution >= 0.6 is 23.2 Å². The Bertz CT molecular complexity index is 901. The summed E-state index contributed by atoms with van der Waals surface area (Å²) in [7, 11) is 1.61. The predicted molar refractivity (Wildman–Crippen MR) is 104 cm³/mol. The maximum Gasteiger partial charge on any atom is 0.315 e. The first-order chi connectivity index (χ1) is 12.6. The largest absolute Gasteiger partial charge is 0.497 e. The van der Waals surface area contributed by atoms with Crippen molar-refractivity contribution in [3.05, 3.63) is 47.3 Å². The number of carbonyl (C=O) groups excluding carboxylic acids is 2. The van der Waals surface area contributed by atoms with E-state index in [1.54, 1.807) is 20.1 Å². The van der Waals surface area contributed by atoms with Gasteiger partial charge in [0.25, 0.3) is 0 Å².